The van der Waals surface area contributed by atoms with Gasteiger partial charge in [-0.2, -0.15) is 0 Å². The van der Waals surface area contributed by atoms with Gasteiger partial charge >= 0.3 is 0 Å². The van der Waals surface area contributed by atoms with E-state index >= 15 is 0 Å². The van der Waals surface area contributed by atoms with Gasteiger partial charge < -0.3 is 24.4 Å². The lowest BCUT2D eigenvalue weighted by Gasteiger charge is -2.37. The van der Waals surface area contributed by atoms with E-state index in [1.54, 1.807) is 12.1 Å². The molecule has 1 aliphatic rings. The van der Waals surface area contributed by atoms with Gasteiger partial charge in [0.2, 0.25) is 0 Å². The highest BCUT2D eigenvalue weighted by Gasteiger charge is 2.24. The van der Waals surface area contributed by atoms with Gasteiger partial charge in [-0.15, -0.1) is 0 Å². The molecule has 1 heterocycles. The van der Waals surface area contributed by atoms with E-state index in [4.69, 9.17) is 25.8 Å². The number of nitrogens with one attached hydrogen (secondary N) is 1. The summed E-state index contributed by atoms with van der Waals surface area (Å²) >= 11 is 6.24. The Hall–Kier alpha value is -2.51. The summed E-state index contributed by atoms with van der Waals surface area (Å²) in [5, 5.41) is 3.08. The minimum atomic E-state index is -0.344. The van der Waals surface area contributed by atoms with Crippen molar-refractivity contribution >= 4 is 23.2 Å². The summed E-state index contributed by atoms with van der Waals surface area (Å²) < 4.78 is 31.2. The van der Waals surface area contributed by atoms with Crippen LogP contribution in [0.15, 0.2) is 30.3 Å². The molecule has 2 aromatic rings. The lowest BCUT2D eigenvalue weighted by molar-refractivity contribution is -0.00539. The molecule has 0 radical (unpaired) electrons. The van der Waals surface area contributed by atoms with Crippen LogP contribution in [0.3, 0.4) is 0 Å². The van der Waals surface area contributed by atoms with Gasteiger partial charge in [0.1, 0.15) is 5.82 Å². The van der Waals surface area contributed by atoms with Crippen molar-refractivity contribution in [3.8, 4) is 11.5 Å². The van der Waals surface area contributed by atoms with Crippen molar-refractivity contribution < 1.29 is 23.4 Å². The first kappa shape index (κ1) is 23.2. The van der Waals surface area contributed by atoms with Crippen LogP contribution in [0.25, 0.3) is 0 Å². The van der Waals surface area contributed by atoms with Crippen LogP contribution < -0.4 is 19.7 Å². The second-order valence-electron chi connectivity index (χ2n) is 7.55. The third-order valence-corrected chi connectivity index (χ3v) is 5.29. The molecule has 168 valence electrons. The van der Waals surface area contributed by atoms with Crippen LogP contribution in [0.5, 0.6) is 11.5 Å². The summed E-state index contributed by atoms with van der Waals surface area (Å²) in [5.41, 5.74) is 1.53. The predicted octanol–water partition coefficient (Wildman–Crippen LogP) is 4.43. The minimum Gasteiger partial charge on any atom is -0.493 e. The molecule has 31 heavy (non-hydrogen) atoms. The van der Waals surface area contributed by atoms with Crippen LogP contribution in [0.2, 0.25) is 5.02 Å². The molecule has 2 atom stereocenters. The molecule has 1 saturated heterocycles. The van der Waals surface area contributed by atoms with E-state index in [9.17, 15) is 9.18 Å². The monoisotopic (exact) mass is 450 g/mol. The number of carbonyl (C=O) groups is 1. The van der Waals surface area contributed by atoms with Gasteiger partial charge in [0.25, 0.3) is 5.91 Å². The summed E-state index contributed by atoms with van der Waals surface area (Å²) in [6.07, 6.45) is 0.0834. The fourth-order valence-corrected chi connectivity index (χ4v) is 3.98. The van der Waals surface area contributed by atoms with Crippen molar-refractivity contribution in [2.45, 2.75) is 39.5 Å². The standard InChI is InChI=1S/C23H28ClFN2O4/c1-5-30-22-18(24)9-17(10-21(22)29-4)23(28)26-11-16-6-7-20(19(25)8-16)27-12-14(2)31-15(3)13-27/h6-10,14-15H,5,11-13H2,1-4H3,(H,26,28). The summed E-state index contributed by atoms with van der Waals surface area (Å²) in [6.45, 7) is 7.67. The Bertz CT molecular complexity index is 930. The van der Waals surface area contributed by atoms with Gasteiger partial charge in [-0.25, -0.2) is 4.39 Å². The highest BCUT2D eigenvalue weighted by Crippen LogP contribution is 2.36. The summed E-state index contributed by atoms with van der Waals surface area (Å²) in [5.74, 6) is 0.110. The van der Waals surface area contributed by atoms with Crippen molar-refractivity contribution in [3.05, 3.63) is 52.3 Å². The second-order valence-corrected chi connectivity index (χ2v) is 7.96. The zero-order valence-electron chi connectivity index (χ0n) is 18.2. The average molecular weight is 451 g/mol. The van der Waals surface area contributed by atoms with Crippen LogP contribution >= 0.6 is 11.6 Å². The van der Waals surface area contributed by atoms with E-state index in [-0.39, 0.29) is 35.5 Å². The molecule has 2 unspecified atom stereocenters. The van der Waals surface area contributed by atoms with Crippen molar-refractivity contribution in [2.75, 3.05) is 31.7 Å². The molecule has 1 fully saturated rings. The third-order valence-electron chi connectivity index (χ3n) is 5.01. The maximum Gasteiger partial charge on any atom is 0.251 e. The zero-order chi connectivity index (χ0) is 22.5. The number of hydrogen-bond acceptors (Lipinski definition) is 5. The second kappa shape index (κ2) is 10.2. The number of benzene rings is 2. The van der Waals surface area contributed by atoms with Gasteiger partial charge in [0, 0.05) is 25.2 Å². The zero-order valence-corrected chi connectivity index (χ0v) is 19.0. The lowest BCUT2D eigenvalue weighted by Crippen LogP contribution is -2.45. The summed E-state index contributed by atoms with van der Waals surface area (Å²) in [7, 11) is 1.48. The third kappa shape index (κ3) is 5.60. The number of amides is 1. The number of hydrogen-bond donors (Lipinski definition) is 1. The van der Waals surface area contributed by atoms with E-state index in [2.05, 4.69) is 5.32 Å². The van der Waals surface area contributed by atoms with Crippen molar-refractivity contribution in [1.82, 2.24) is 5.32 Å². The van der Waals surface area contributed by atoms with Gasteiger partial charge in [0.15, 0.2) is 11.5 Å². The first-order valence-electron chi connectivity index (χ1n) is 10.3. The van der Waals surface area contributed by atoms with Crippen LogP contribution in [0.4, 0.5) is 10.1 Å². The van der Waals surface area contributed by atoms with Gasteiger partial charge in [-0.05, 0) is 50.6 Å². The van der Waals surface area contributed by atoms with Crippen molar-refractivity contribution in [2.24, 2.45) is 0 Å². The number of methoxy groups -OCH3 is 1. The molecule has 1 N–H and O–H groups in total. The molecule has 3 rings (SSSR count). The maximum atomic E-state index is 14.8. The number of rotatable bonds is 7. The van der Waals surface area contributed by atoms with Crippen LogP contribution in [-0.2, 0) is 11.3 Å². The Morgan fingerprint density at radius 3 is 2.58 bits per heavy atom. The topological polar surface area (TPSA) is 60.0 Å². The first-order chi connectivity index (χ1) is 14.8. The molecular weight excluding hydrogens is 423 g/mol. The summed E-state index contributed by atoms with van der Waals surface area (Å²) in [4.78, 5) is 14.6. The van der Waals surface area contributed by atoms with Gasteiger partial charge in [-0.1, -0.05) is 17.7 Å². The molecule has 2 aromatic carbocycles. The highest BCUT2D eigenvalue weighted by atomic mass is 35.5. The van der Waals surface area contributed by atoms with Gasteiger partial charge in [0.05, 0.1) is 36.6 Å². The fourth-order valence-electron chi connectivity index (χ4n) is 3.71. The van der Waals surface area contributed by atoms with Crippen LogP contribution in [0.1, 0.15) is 36.7 Å². The van der Waals surface area contributed by atoms with E-state index in [0.29, 0.717) is 48.0 Å². The van der Waals surface area contributed by atoms with Crippen molar-refractivity contribution in [3.63, 3.8) is 0 Å². The Morgan fingerprint density at radius 2 is 1.97 bits per heavy atom. The smallest absolute Gasteiger partial charge is 0.251 e. The molecular formula is C23H28ClFN2O4. The van der Waals surface area contributed by atoms with Gasteiger partial charge in [-0.3, -0.25) is 4.79 Å². The molecule has 8 heteroatoms. The lowest BCUT2D eigenvalue weighted by atomic mass is 10.1. The Morgan fingerprint density at radius 1 is 1.26 bits per heavy atom. The van der Waals surface area contributed by atoms with Crippen molar-refractivity contribution in [1.29, 1.82) is 0 Å². The van der Waals surface area contributed by atoms with E-state index < -0.39 is 0 Å². The molecule has 0 aliphatic carbocycles. The van der Waals surface area contributed by atoms with E-state index in [1.165, 1.54) is 19.2 Å². The minimum absolute atomic E-state index is 0.0417. The predicted molar refractivity (Wildman–Crippen MR) is 119 cm³/mol. The molecule has 0 aromatic heterocycles. The normalized spacial score (nSPS) is 18.6. The van der Waals surface area contributed by atoms with E-state index in [0.717, 1.165) is 0 Å². The number of morpholine rings is 1. The summed E-state index contributed by atoms with van der Waals surface area (Å²) in [6, 6.07) is 8.10. The molecule has 0 saturated carbocycles. The number of carbonyl (C=O) groups excluding carboxylic acids is 1. The van der Waals surface area contributed by atoms with Crippen LogP contribution in [-0.4, -0.2) is 44.9 Å². The maximum absolute atomic E-state index is 14.8. The Labute approximate surface area is 187 Å². The average Bonchev–Trinajstić information content (AvgIpc) is 2.72. The Kier molecular flexibility index (Phi) is 7.62. The van der Waals surface area contributed by atoms with Crippen LogP contribution in [0, 0.1) is 5.82 Å². The molecule has 0 bridgehead atoms. The SMILES string of the molecule is CCOc1c(Cl)cc(C(=O)NCc2ccc(N3CC(C)OC(C)C3)c(F)c2)cc1OC. The number of nitrogens with zero attached hydrogens (tertiary/aromatic N) is 1. The Balaban J connectivity index is 1.68. The molecule has 0 spiro atoms. The first-order valence-corrected chi connectivity index (χ1v) is 10.7. The highest BCUT2D eigenvalue weighted by molar-refractivity contribution is 6.32. The van der Waals surface area contributed by atoms with E-state index in [1.807, 2.05) is 31.7 Å². The number of anilines is 1. The molecule has 6 nitrogen and oxygen atoms in total. The molecule has 1 aliphatic heterocycles. The fraction of sp³-hybridized carbons (Fsp3) is 0.435. The number of halogens is 2. The number of ether oxygens (including phenoxy) is 3. The largest absolute Gasteiger partial charge is 0.493 e. The quantitative estimate of drug-likeness (QED) is 0.676. The molecule has 1 amide bonds.